The third-order valence-electron chi connectivity index (χ3n) is 5.49. The first-order valence-electron chi connectivity index (χ1n) is 10.3. The molecule has 0 N–H and O–H groups in total. The highest BCUT2D eigenvalue weighted by molar-refractivity contribution is 6.30. The molecule has 1 aliphatic rings. The first-order valence-corrected chi connectivity index (χ1v) is 10.7. The van der Waals surface area contributed by atoms with Gasteiger partial charge < -0.3 is 0 Å². The van der Waals surface area contributed by atoms with Crippen molar-refractivity contribution in [3.63, 3.8) is 0 Å². The Bertz CT molecular complexity index is 942. The van der Waals surface area contributed by atoms with Crippen molar-refractivity contribution >= 4 is 11.6 Å². The molecule has 0 aliphatic carbocycles. The van der Waals surface area contributed by atoms with Gasteiger partial charge in [-0.05, 0) is 66.6 Å². The molecular weight excluding hydrogens is 398 g/mol. The molecule has 2 aromatic heterocycles. The summed E-state index contributed by atoms with van der Waals surface area (Å²) in [7, 11) is 0. The highest BCUT2D eigenvalue weighted by atomic mass is 35.5. The fraction of sp³-hybridized carbons (Fsp3) is 0.455. The van der Waals surface area contributed by atoms with Gasteiger partial charge in [-0.25, -0.2) is 4.68 Å². The van der Waals surface area contributed by atoms with E-state index in [2.05, 4.69) is 75.3 Å². The second-order valence-electron chi connectivity index (χ2n) is 8.74. The summed E-state index contributed by atoms with van der Waals surface area (Å²) in [5, 5.41) is 13.5. The Morgan fingerprint density at radius 3 is 2.27 bits per heavy atom. The number of pyridine rings is 1. The smallest absolute Gasteiger partial charge is 0.173 e. The number of aromatic nitrogens is 5. The summed E-state index contributed by atoms with van der Waals surface area (Å²) in [4.78, 5) is 9.07. The topological polar surface area (TPSA) is 63.0 Å². The summed E-state index contributed by atoms with van der Waals surface area (Å²) in [5.74, 6) is 0.868. The number of hydrogen-bond acceptors (Lipinski definition) is 6. The molecule has 4 rings (SSSR count). The van der Waals surface area contributed by atoms with Gasteiger partial charge in [-0.1, -0.05) is 23.7 Å². The van der Waals surface area contributed by atoms with E-state index < -0.39 is 0 Å². The zero-order valence-corrected chi connectivity index (χ0v) is 18.5. The van der Waals surface area contributed by atoms with E-state index in [9.17, 15) is 0 Å². The molecule has 0 bridgehead atoms. The molecule has 158 valence electrons. The van der Waals surface area contributed by atoms with Crippen LogP contribution in [0, 0.1) is 0 Å². The van der Waals surface area contributed by atoms with Crippen LogP contribution in [0.2, 0.25) is 5.02 Å². The second kappa shape index (κ2) is 8.79. The minimum Gasteiger partial charge on any atom is -0.297 e. The van der Waals surface area contributed by atoms with Gasteiger partial charge in [-0.3, -0.25) is 14.8 Å². The Morgan fingerprint density at radius 2 is 1.63 bits per heavy atom. The van der Waals surface area contributed by atoms with Gasteiger partial charge in [0.05, 0.1) is 11.6 Å². The highest BCUT2D eigenvalue weighted by Gasteiger charge is 2.33. The van der Waals surface area contributed by atoms with Crippen LogP contribution in [0.5, 0.6) is 0 Å². The average Bonchev–Trinajstić information content (AvgIpc) is 3.22. The number of benzene rings is 1. The lowest BCUT2D eigenvalue weighted by molar-refractivity contribution is 0.0979. The molecular formula is C22H28ClN7. The van der Waals surface area contributed by atoms with Crippen LogP contribution in [0.25, 0.3) is 0 Å². The van der Waals surface area contributed by atoms with Crippen LogP contribution in [-0.4, -0.2) is 61.2 Å². The van der Waals surface area contributed by atoms with Crippen LogP contribution >= 0.6 is 11.6 Å². The van der Waals surface area contributed by atoms with Crippen molar-refractivity contribution in [3.05, 3.63) is 70.8 Å². The molecule has 7 nitrogen and oxygen atoms in total. The van der Waals surface area contributed by atoms with Gasteiger partial charge in [0.25, 0.3) is 0 Å². The van der Waals surface area contributed by atoms with Gasteiger partial charge in [0.1, 0.15) is 0 Å². The molecule has 0 spiro atoms. The molecule has 1 fully saturated rings. The Hall–Kier alpha value is -2.35. The van der Waals surface area contributed by atoms with Crippen molar-refractivity contribution < 1.29 is 0 Å². The molecule has 0 amide bonds. The van der Waals surface area contributed by atoms with Crippen LogP contribution in [0.4, 0.5) is 0 Å². The lowest BCUT2D eigenvalue weighted by atomic mass is 10.0. The summed E-state index contributed by atoms with van der Waals surface area (Å²) in [6.45, 7) is 11.2. The van der Waals surface area contributed by atoms with Crippen LogP contribution in [0.15, 0.2) is 48.8 Å². The quantitative estimate of drug-likeness (QED) is 0.624. The van der Waals surface area contributed by atoms with Crippen LogP contribution in [0.1, 0.15) is 43.8 Å². The van der Waals surface area contributed by atoms with E-state index in [1.54, 1.807) is 0 Å². The lowest BCUT2D eigenvalue weighted by Crippen LogP contribution is -2.48. The van der Waals surface area contributed by atoms with Crippen molar-refractivity contribution in [2.24, 2.45) is 0 Å². The Labute approximate surface area is 182 Å². The van der Waals surface area contributed by atoms with Gasteiger partial charge >= 0.3 is 0 Å². The zero-order valence-electron chi connectivity index (χ0n) is 17.7. The third-order valence-corrected chi connectivity index (χ3v) is 5.74. The standard InChI is InChI=1S/C22H28ClN7/c1-22(2,3)30-21(25-26-27-30)20(18-4-6-19(23)7-5-18)29-14-12-28(13-15-29)16-17-8-10-24-11-9-17/h4-11,20H,12-16H2,1-3H3. The van der Waals surface area contributed by atoms with Crippen LogP contribution < -0.4 is 0 Å². The second-order valence-corrected chi connectivity index (χ2v) is 9.18. The lowest BCUT2D eigenvalue weighted by Gasteiger charge is -2.39. The average molecular weight is 426 g/mol. The maximum atomic E-state index is 6.16. The number of nitrogens with zero attached hydrogens (tertiary/aromatic N) is 7. The number of rotatable bonds is 5. The summed E-state index contributed by atoms with van der Waals surface area (Å²) < 4.78 is 1.94. The number of piperazine rings is 1. The maximum absolute atomic E-state index is 6.16. The summed E-state index contributed by atoms with van der Waals surface area (Å²) in [6, 6.07) is 12.2. The third kappa shape index (κ3) is 4.69. The fourth-order valence-electron chi connectivity index (χ4n) is 3.94. The minimum absolute atomic E-state index is 0.0143. The van der Waals surface area contributed by atoms with Crippen molar-refractivity contribution in [2.75, 3.05) is 26.2 Å². The number of halogens is 1. The van der Waals surface area contributed by atoms with E-state index in [1.165, 1.54) is 5.56 Å². The van der Waals surface area contributed by atoms with Gasteiger partial charge in [-0.15, -0.1) is 5.10 Å². The normalized spacial score (nSPS) is 17.2. The molecule has 3 aromatic rings. The summed E-state index contributed by atoms with van der Waals surface area (Å²) in [5.41, 5.74) is 2.25. The van der Waals surface area contributed by atoms with Gasteiger partial charge in [0, 0.05) is 50.1 Å². The Morgan fingerprint density at radius 1 is 0.967 bits per heavy atom. The van der Waals surface area contributed by atoms with E-state index in [1.807, 2.05) is 29.2 Å². The molecule has 0 saturated carbocycles. The SMILES string of the molecule is CC(C)(C)n1nnnc1C(c1ccc(Cl)cc1)N1CCN(Cc2ccncc2)CC1. The monoisotopic (exact) mass is 425 g/mol. The fourth-order valence-corrected chi connectivity index (χ4v) is 4.06. The van der Waals surface area contributed by atoms with Crippen LogP contribution in [0.3, 0.4) is 0 Å². The predicted octanol–water partition coefficient (Wildman–Crippen LogP) is 3.38. The van der Waals surface area contributed by atoms with Gasteiger partial charge in [0.2, 0.25) is 0 Å². The number of tetrazole rings is 1. The number of hydrogen-bond donors (Lipinski definition) is 0. The first kappa shape index (κ1) is 20.9. The predicted molar refractivity (Wildman–Crippen MR) is 117 cm³/mol. The summed E-state index contributed by atoms with van der Waals surface area (Å²) >= 11 is 6.16. The Kier molecular flexibility index (Phi) is 6.13. The van der Waals surface area contributed by atoms with Gasteiger partial charge in [0.15, 0.2) is 5.82 Å². The van der Waals surface area contributed by atoms with Crippen molar-refractivity contribution in [1.82, 2.24) is 35.0 Å². The largest absolute Gasteiger partial charge is 0.297 e. The van der Waals surface area contributed by atoms with Crippen molar-refractivity contribution in [3.8, 4) is 0 Å². The molecule has 30 heavy (non-hydrogen) atoms. The summed E-state index contributed by atoms with van der Waals surface area (Å²) in [6.07, 6.45) is 3.71. The molecule has 1 saturated heterocycles. The van der Waals surface area contributed by atoms with Crippen molar-refractivity contribution in [1.29, 1.82) is 0 Å². The molecule has 0 radical (unpaired) electrons. The van der Waals surface area contributed by atoms with Crippen molar-refractivity contribution in [2.45, 2.75) is 38.9 Å². The van der Waals surface area contributed by atoms with E-state index >= 15 is 0 Å². The van der Waals surface area contributed by atoms with Gasteiger partial charge in [-0.2, -0.15) is 0 Å². The molecule has 3 heterocycles. The zero-order chi connectivity index (χ0) is 21.1. The van der Waals surface area contributed by atoms with E-state index in [0.29, 0.717) is 0 Å². The van der Waals surface area contributed by atoms with Crippen LogP contribution in [-0.2, 0) is 12.1 Å². The molecule has 1 aromatic carbocycles. The molecule has 1 aliphatic heterocycles. The molecule has 1 unspecified atom stereocenters. The maximum Gasteiger partial charge on any atom is 0.173 e. The Balaban J connectivity index is 1.57. The molecule has 1 atom stereocenters. The first-order chi connectivity index (χ1) is 14.4. The van der Waals surface area contributed by atoms with E-state index in [4.69, 9.17) is 11.6 Å². The van der Waals surface area contributed by atoms with E-state index in [-0.39, 0.29) is 11.6 Å². The highest BCUT2D eigenvalue weighted by Crippen LogP contribution is 2.31. The molecule has 8 heteroatoms. The van der Waals surface area contributed by atoms with E-state index in [0.717, 1.165) is 49.1 Å². The minimum atomic E-state index is -0.202.